The fraction of sp³-hybridized carbons (Fsp3) is 0.409. The minimum absolute atomic E-state index is 0.0725. The molecule has 2 aliphatic heterocycles. The van der Waals surface area contributed by atoms with Gasteiger partial charge in [-0.1, -0.05) is 11.6 Å². The predicted molar refractivity (Wildman–Crippen MR) is 111 cm³/mol. The zero-order valence-electron chi connectivity index (χ0n) is 17.4. The molecule has 1 aromatic heterocycles. The summed E-state index contributed by atoms with van der Waals surface area (Å²) in [4.78, 5) is 31.8. The number of pyridine rings is 1. The standard InChI is InChI=1S/C22H23ClFN3O4/c1-12(28)26-9-14(10-26)22(2,30)13-6-17-19(18(24)7-13)21(31-3)27(20(17)29)11-16-5-4-15(23)8-25-16/h4-8,14,21,30H,9-11H2,1-3H3/t21-,22?/m1/s1. The number of benzene rings is 1. The Kier molecular flexibility index (Phi) is 5.49. The summed E-state index contributed by atoms with van der Waals surface area (Å²) < 4.78 is 20.6. The predicted octanol–water partition coefficient (Wildman–Crippen LogP) is 2.86. The second-order valence-electron chi connectivity index (χ2n) is 8.18. The Balaban J connectivity index is 1.64. The fourth-order valence-corrected chi connectivity index (χ4v) is 4.27. The van der Waals surface area contributed by atoms with Crippen molar-refractivity contribution in [2.75, 3.05) is 20.2 Å². The number of fused-ring (bicyclic) bond motifs is 1. The largest absolute Gasteiger partial charge is 0.385 e. The van der Waals surface area contributed by atoms with Crippen LogP contribution in [0.4, 0.5) is 4.39 Å². The highest BCUT2D eigenvalue weighted by molar-refractivity contribution is 6.30. The van der Waals surface area contributed by atoms with Crippen LogP contribution in [0.25, 0.3) is 0 Å². The molecule has 0 spiro atoms. The highest BCUT2D eigenvalue weighted by Gasteiger charge is 2.46. The van der Waals surface area contributed by atoms with E-state index in [1.807, 2.05) is 0 Å². The molecule has 0 radical (unpaired) electrons. The Bertz CT molecular complexity index is 1040. The fourth-order valence-electron chi connectivity index (χ4n) is 4.16. The molecule has 164 valence electrons. The van der Waals surface area contributed by atoms with E-state index < -0.39 is 23.6 Å². The van der Waals surface area contributed by atoms with Crippen LogP contribution in [-0.4, -0.2) is 51.9 Å². The zero-order valence-corrected chi connectivity index (χ0v) is 18.2. The molecule has 7 nitrogen and oxygen atoms in total. The molecular weight excluding hydrogens is 425 g/mol. The van der Waals surface area contributed by atoms with E-state index in [-0.39, 0.29) is 29.5 Å². The first-order valence-electron chi connectivity index (χ1n) is 9.89. The molecule has 1 N–H and O–H groups in total. The van der Waals surface area contributed by atoms with E-state index in [0.717, 1.165) is 0 Å². The molecule has 2 aliphatic rings. The van der Waals surface area contributed by atoms with Crippen molar-refractivity contribution in [2.24, 2.45) is 5.92 Å². The number of hydrogen-bond acceptors (Lipinski definition) is 5. The van der Waals surface area contributed by atoms with Crippen LogP contribution >= 0.6 is 11.6 Å². The summed E-state index contributed by atoms with van der Waals surface area (Å²) in [6.45, 7) is 3.92. The van der Waals surface area contributed by atoms with Gasteiger partial charge in [-0.3, -0.25) is 14.6 Å². The lowest BCUT2D eigenvalue weighted by Gasteiger charge is -2.46. The van der Waals surface area contributed by atoms with Gasteiger partial charge in [-0.05, 0) is 36.8 Å². The molecule has 2 atom stereocenters. The lowest BCUT2D eigenvalue weighted by Crippen LogP contribution is -2.56. The van der Waals surface area contributed by atoms with Gasteiger partial charge >= 0.3 is 0 Å². The summed E-state index contributed by atoms with van der Waals surface area (Å²) in [5.74, 6) is -1.36. The molecule has 2 aromatic rings. The second-order valence-corrected chi connectivity index (χ2v) is 8.61. The number of ether oxygens (including phenoxy) is 1. The topological polar surface area (TPSA) is 83.0 Å². The molecule has 0 bridgehead atoms. The SMILES string of the molecule is CO[C@@H]1c2c(F)cc(C(C)(O)C3CN(C(C)=O)C3)cc2C(=O)N1Cc1ccc(Cl)cn1. The van der Waals surface area contributed by atoms with Gasteiger partial charge < -0.3 is 19.6 Å². The minimum atomic E-state index is -1.39. The van der Waals surface area contributed by atoms with Gasteiger partial charge in [0.2, 0.25) is 5.91 Å². The van der Waals surface area contributed by atoms with Crippen LogP contribution in [0.5, 0.6) is 0 Å². The molecule has 2 amide bonds. The third kappa shape index (κ3) is 3.69. The number of aromatic nitrogens is 1. The van der Waals surface area contributed by atoms with Crippen LogP contribution in [0.1, 0.15) is 47.3 Å². The highest BCUT2D eigenvalue weighted by Crippen LogP contribution is 2.42. The maximum atomic E-state index is 15.2. The summed E-state index contributed by atoms with van der Waals surface area (Å²) in [5, 5.41) is 11.6. The van der Waals surface area contributed by atoms with Crippen LogP contribution in [0.15, 0.2) is 30.5 Å². The Labute approximate surface area is 184 Å². The summed E-state index contributed by atoms with van der Waals surface area (Å²) in [7, 11) is 1.41. The Hall–Kier alpha value is -2.55. The lowest BCUT2D eigenvalue weighted by atomic mass is 9.77. The first-order chi connectivity index (χ1) is 14.6. The first-order valence-corrected chi connectivity index (χ1v) is 10.3. The van der Waals surface area contributed by atoms with Crippen LogP contribution in [0, 0.1) is 11.7 Å². The monoisotopic (exact) mass is 447 g/mol. The molecule has 1 saturated heterocycles. The second kappa shape index (κ2) is 7.85. The third-order valence-electron chi connectivity index (χ3n) is 6.20. The number of hydrogen-bond donors (Lipinski definition) is 1. The maximum Gasteiger partial charge on any atom is 0.257 e. The number of likely N-dealkylation sites (tertiary alicyclic amines) is 1. The van der Waals surface area contributed by atoms with E-state index in [1.165, 1.54) is 37.3 Å². The number of methoxy groups -OCH3 is 1. The number of amides is 2. The van der Waals surface area contributed by atoms with Gasteiger partial charge in [0.1, 0.15) is 5.82 Å². The van der Waals surface area contributed by atoms with Gasteiger partial charge in [0, 0.05) is 44.8 Å². The number of rotatable bonds is 5. The molecule has 1 fully saturated rings. The van der Waals surface area contributed by atoms with Crippen molar-refractivity contribution < 1.29 is 23.8 Å². The Morgan fingerprint density at radius 3 is 2.68 bits per heavy atom. The molecule has 1 aromatic carbocycles. The van der Waals surface area contributed by atoms with Gasteiger partial charge in [0.15, 0.2) is 6.23 Å². The van der Waals surface area contributed by atoms with Crippen molar-refractivity contribution in [3.05, 3.63) is 63.7 Å². The molecular formula is C22H23ClFN3O4. The quantitative estimate of drug-likeness (QED) is 0.762. The summed E-state index contributed by atoms with van der Waals surface area (Å²) >= 11 is 5.87. The molecule has 0 saturated carbocycles. The summed E-state index contributed by atoms with van der Waals surface area (Å²) in [6, 6.07) is 6.13. The normalized spacial score (nSPS) is 20.5. The van der Waals surface area contributed by atoms with E-state index >= 15 is 4.39 Å². The van der Waals surface area contributed by atoms with E-state index in [2.05, 4.69) is 4.98 Å². The van der Waals surface area contributed by atoms with Gasteiger partial charge in [-0.15, -0.1) is 0 Å². The Morgan fingerprint density at radius 1 is 1.39 bits per heavy atom. The smallest absolute Gasteiger partial charge is 0.257 e. The van der Waals surface area contributed by atoms with Crippen molar-refractivity contribution >= 4 is 23.4 Å². The molecule has 4 rings (SSSR count). The first kappa shape index (κ1) is 21.7. The number of halogens is 2. The van der Waals surface area contributed by atoms with Crippen molar-refractivity contribution in [1.29, 1.82) is 0 Å². The van der Waals surface area contributed by atoms with E-state index in [9.17, 15) is 14.7 Å². The highest BCUT2D eigenvalue weighted by atomic mass is 35.5. The summed E-state index contributed by atoms with van der Waals surface area (Å²) in [5.41, 5.74) is -0.222. The van der Waals surface area contributed by atoms with Crippen LogP contribution < -0.4 is 0 Å². The average molecular weight is 448 g/mol. The number of carbonyl (C=O) groups excluding carboxylic acids is 2. The van der Waals surface area contributed by atoms with Crippen molar-refractivity contribution in [3.63, 3.8) is 0 Å². The van der Waals surface area contributed by atoms with E-state index in [1.54, 1.807) is 24.0 Å². The van der Waals surface area contributed by atoms with Gasteiger partial charge in [0.05, 0.1) is 28.4 Å². The van der Waals surface area contributed by atoms with Crippen LogP contribution in [0.3, 0.4) is 0 Å². The van der Waals surface area contributed by atoms with Gasteiger partial charge in [0.25, 0.3) is 5.91 Å². The number of aliphatic hydroxyl groups is 1. The van der Waals surface area contributed by atoms with Gasteiger partial charge in [-0.25, -0.2) is 4.39 Å². The number of nitrogens with zero attached hydrogens (tertiary/aromatic N) is 3. The van der Waals surface area contributed by atoms with Crippen LogP contribution in [-0.2, 0) is 21.7 Å². The summed E-state index contributed by atoms with van der Waals surface area (Å²) in [6.07, 6.45) is 0.571. The zero-order chi connectivity index (χ0) is 22.5. The average Bonchev–Trinajstić information content (AvgIpc) is 2.94. The molecule has 3 heterocycles. The van der Waals surface area contributed by atoms with Crippen molar-refractivity contribution in [2.45, 2.75) is 32.2 Å². The number of carbonyl (C=O) groups is 2. The van der Waals surface area contributed by atoms with Gasteiger partial charge in [-0.2, -0.15) is 0 Å². The molecule has 9 heteroatoms. The lowest BCUT2D eigenvalue weighted by molar-refractivity contribution is -0.144. The molecule has 0 aliphatic carbocycles. The van der Waals surface area contributed by atoms with E-state index in [0.29, 0.717) is 29.4 Å². The minimum Gasteiger partial charge on any atom is -0.385 e. The van der Waals surface area contributed by atoms with Crippen molar-refractivity contribution in [3.8, 4) is 0 Å². The maximum absolute atomic E-state index is 15.2. The third-order valence-corrected chi connectivity index (χ3v) is 6.42. The molecule has 31 heavy (non-hydrogen) atoms. The van der Waals surface area contributed by atoms with E-state index in [4.69, 9.17) is 16.3 Å². The molecule has 1 unspecified atom stereocenters. The van der Waals surface area contributed by atoms with Crippen LogP contribution in [0.2, 0.25) is 5.02 Å². The Morgan fingerprint density at radius 2 is 2.10 bits per heavy atom. The van der Waals surface area contributed by atoms with Crippen molar-refractivity contribution in [1.82, 2.24) is 14.8 Å².